The van der Waals surface area contributed by atoms with Gasteiger partial charge in [0.1, 0.15) is 5.82 Å². The van der Waals surface area contributed by atoms with Crippen LogP contribution in [0.5, 0.6) is 0 Å². The first-order valence-corrected chi connectivity index (χ1v) is 10.5. The normalized spacial score (nSPS) is 15.2. The highest BCUT2D eigenvalue weighted by Gasteiger charge is 2.24. The van der Waals surface area contributed by atoms with E-state index in [-0.39, 0.29) is 11.9 Å². The second-order valence-electron chi connectivity index (χ2n) is 8.35. The summed E-state index contributed by atoms with van der Waals surface area (Å²) in [5.74, 6) is -0.0661. The summed E-state index contributed by atoms with van der Waals surface area (Å²) in [6.45, 7) is 3.90. The van der Waals surface area contributed by atoms with Gasteiger partial charge in [-0.15, -0.1) is 0 Å². The first-order chi connectivity index (χ1) is 14.0. The largest absolute Gasteiger partial charge is 0.339 e. The van der Waals surface area contributed by atoms with Crippen LogP contribution in [0, 0.1) is 5.82 Å². The number of pyridine rings is 1. The molecule has 3 aromatic rings. The Hall–Kier alpha value is -2.69. The number of hydrogen-bond acceptors (Lipinski definition) is 2. The monoisotopic (exact) mass is 393 g/mol. The van der Waals surface area contributed by atoms with Crippen LogP contribution in [0.2, 0.25) is 0 Å². The molecule has 1 aliphatic carbocycles. The van der Waals surface area contributed by atoms with Crippen molar-refractivity contribution in [2.75, 3.05) is 7.05 Å². The maximum absolute atomic E-state index is 14.1. The average molecular weight is 394 g/mol. The Morgan fingerprint density at radius 2 is 1.97 bits per heavy atom. The molecule has 4 nitrogen and oxygen atoms in total. The van der Waals surface area contributed by atoms with Crippen molar-refractivity contribution in [2.24, 2.45) is 0 Å². The smallest absolute Gasteiger partial charge is 0.256 e. The molecule has 5 heteroatoms. The van der Waals surface area contributed by atoms with Crippen molar-refractivity contribution < 1.29 is 9.18 Å². The van der Waals surface area contributed by atoms with E-state index in [1.807, 2.05) is 30.8 Å². The van der Waals surface area contributed by atoms with Gasteiger partial charge >= 0.3 is 0 Å². The van der Waals surface area contributed by atoms with Crippen molar-refractivity contribution in [3.63, 3.8) is 0 Å². The first kappa shape index (κ1) is 19.6. The third-order valence-corrected chi connectivity index (χ3v) is 6.23. The third-order valence-electron chi connectivity index (χ3n) is 6.23. The van der Waals surface area contributed by atoms with Gasteiger partial charge in [0.25, 0.3) is 5.91 Å². The summed E-state index contributed by atoms with van der Waals surface area (Å²) in [6.07, 6.45) is 12.0. The van der Waals surface area contributed by atoms with Gasteiger partial charge in [0.05, 0.1) is 23.0 Å². The summed E-state index contributed by atoms with van der Waals surface area (Å²) < 4.78 is 16.1. The zero-order chi connectivity index (χ0) is 20.5. The van der Waals surface area contributed by atoms with Crippen molar-refractivity contribution in [1.29, 1.82) is 0 Å². The van der Waals surface area contributed by atoms with E-state index in [0.717, 1.165) is 5.52 Å². The summed E-state index contributed by atoms with van der Waals surface area (Å²) in [5, 5.41) is 1.17. The minimum atomic E-state index is -0.406. The van der Waals surface area contributed by atoms with E-state index in [4.69, 9.17) is 0 Å². The van der Waals surface area contributed by atoms with Crippen LogP contribution in [0.3, 0.4) is 0 Å². The molecule has 152 valence electrons. The molecule has 0 atom stereocenters. The summed E-state index contributed by atoms with van der Waals surface area (Å²) >= 11 is 0. The number of carbonyl (C=O) groups excluding carboxylic acids is 1. The number of fused-ring (bicyclic) bond motifs is 1. The fraction of sp³-hybridized carbons (Fsp3) is 0.417. The van der Waals surface area contributed by atoms with Crippen molar-refractivity contribution in [2.45, 2.75) is 57.9 Å². The molecule has 1 amide bonds. The van der Waals surface area contributed by atoms with E-state index < -0.39 is 5.82 Å². The lowest BCUT2D eigenvalue weighted by atomic mass is 9.84. The van der Waals surface area contributed by atoms with E-state index >= 15 is 0 Å². The second kappa shape index (κ2) is 7.97. The molecule has 1 fully saturated rings. The number of hydrogen-bond donors (Lipinski definition) is 0. The standard InChI is InChI=1S/C24H28FN3O/c1-16(2)27(3)24(29)20-13-18(25)9-10-22(20)28-15-21(17-7-5-4-6-8-17)19-11-12-26-14-23(19)28/h9-17H,4-8H2,1-3H3. The molecular weight excluding hydrogens is 365 g/mol. The quantitative estimate of drug-likeness (QED) is 0.571. The Morgan fingerprint density at radius 1 is 1.21 bits per heavy atom. The van der Waals surface area contributed by atoms with Gasteiger partial charge in [0.15, 0.2) is 0 Å². The van der Waals surface area contributed by atoms with Crippen LogP contribution in [0.4, 0.5) is 4.39 Å². The van der Waals surface area contributed by atoms with Gasteiger partial charge in [-0.2, -0.15) is 0 Å². The number of nitrogens with zero attached hydrogens (tertiary/aromatic N) is 3. The van der Waals surface area contributed by atoms with Crippen molar-refractivity contribution >= 4 is 16.8 Å². The van der Waals surface area contributed by atoms with Crippen LogP contribution in [0.15, 0.2) is 42.9 Å². The Kier molecular flexibility index (Phi) is 5.39. The summed E-state index contributed by atoms with van der Waals surface area (Å²) in [5.41, 5.74) is 3.34. The SMILES string of the molecule is CC(C)N(C)C(=O)c1cc(F)ccc1-n1cc(C2CCCCC2)c2ccncc21. The molecule has 2 aromatic heterocycles. The molecular formula is C24H28FN3O. The van der Waals surface area contributed by atoms with E-state index in [1.165, 1.54) is 55.2 Å². The topological polar surface area (TPSA) is 38.1 Å². The summed E-state index contributed by atoms with van der Waals surface area (Å²) in [7, 11) is 1.75. The van der Waals surface area contributed by atoms with Crippen LogP contribution in [-0.4, -0.2) is 33.4 Å². The van der Waals surface area contributed by atoms with Crippen molar-refractivity contribution in [1.82, 2.24) is 14.5 Å². The van der Waals surface area contributed by atoms with Crippen LogP contribution in [-0.2, 0) is 0 Å². The maximum Gasteiger partial charge on any atom is 0.256 e. The third kappa shape index (κ3) is 3.66. The molecule has 0 aliphatic heterocycles. The highest BCUT2D eigenvalue weighted by atomic mass is 19.1. The van der Waals surface area contributed by atoms with E-state index in [1.54, 1.807) is 18.0 Å². The highest BCUT2D eigenvalue weighted by Crippen LogP contribution is 2.38. The Bertz CT molecular complexity index is 1030. The summed E-state index contributed by atoms with van der Waals surface area (Å²) in [6, 6.07) is 6.55. The minimum Gasteiger partial charge on any atom is -0.339 e. The zero-order valence-corrected chi connectivity index (χ0v) is 17.4. The van der Waals surface area contributed by atoms with Gasteiger partial charge in [0, 0.05) is 30.9 Å². The van der Waals surface area contributed by atoms with Gasteiger partial charge in [-0.1, -0.05) is 19.3 Å². The number of rotatable bonds is 4. The van der Waals surface area contributed by atoms with Crippen LogP contribution >= 0.6 is 0 Å². The second-order valence-corrected chi connectivity index (χ2v) is 8.35. The number of amides is 1. The van der Waals surface area contributed by atoms with E-state index in [0.29, 0.717) is 17.2 Å². The Morgan fingerprint density at radius 3 is 2.69 bits per heavy atom. The van der Waals surface area contributed by atoms with E-state index in [2.05, 4.69) is 17.2 Å². The van der Waals surface area contributed by atoms with Gasteiger partial charge in [-0.3, -0.25) is 9.78 Å². The fourth-order valence-electron chi connectivity index (χ4n) is 4.35. The molecule has 0 N–H and O–H groups in total. The summed E-state index contributed by atoms with van der Waals surface area (Å²) in [4.78, 5) is 19.1. The molecule has 1 aliphatic rings. The van der Waals surface area contributed by atoms with Gasteiger partial charge < -0.3 is 9.47 Å². The lowest BCUT2D eigenvalue weighted by Crippen LogP contribution is -2.33. The minimum absolute atomic E-state index is 0.0273. The molecule has 1 saturated carbocycles. The maximum atomic E-state index is 14.1. The Labute approximate surface area is 171 Å². The molecule has 0 bridgehead atoms. The first-order valence-electron chi connectivity index (χ1n) is 10.5. The predicted octanol–water partition coefficient (Wildman–Crippen LogP) is 5.69. The van der Waals surface area contributed by atoms with Crippen LogP contribution < -0.4 is 0 Å². The average Bonchev–Trinajstić information content (AvgIpc) is 3.13. The van der Waals surface area contributed by atoms with E-state index in [9.17, 15) is 9.18 Å². The predicted molar refractivity (Wildman–Crippen MR) is 114 cm³/mol. The van der Waals surface area contributed by atoms with Crippen molar-refractivity contribution in [3.8, 4) is 5.69 Å². The molecule has 0 radical (unpaired) electrons. The lowest BCUT2D eigenvalue weighted by molar-refractivity contribution is 0.0754. The number of carbonyl (C=O) groups is 1. The van der Waals surface area contributed by atoms with Crippen molar-refractivity contribution in [3.05, 3.63) is 59.8 Å². The molecule has 2 heterocycles. The van der Waals surface area contributed by atoms with Crippen LogP contribution in [0.1, 0.15) is 67.8 Å². The molecule has 29 heavy (non-hydrogen) atoms. The Balaban J connectivity index is 1.88. The van der Waals surface area contributed by atoms with Crippen LogP contribution in [0.25, 0.3) is 16.6 Å². The molecule has 0 unspecified atom stereocenters. The zero-order valence-electron chi connectivity index (χ0n) is 17.4. The highest BCUT2D eigenvalue weighted by molar-refractivity contribution is 5.99. The van der Waals surface area contributed by atoms with Gasteiger partial charge in [-0.05, 0) is 62.4 Å². The number of halogens is 1. The van der Waals surface area contributed by atoms with Gasteiger partial charge in [-0.25, -0.2) is 4.39 Å². The number of aromatic nitrogens is 2. The fourth-order valence-corrected chi connectivity index (χ4v) is 4.35. The molecule has 4 rings (SSSR count). The van der Waals surface area contributed by atoms with Gasteiger partial charge in [0.2, 0.25) is 0 Å². The molecule has 0 spiro atoms. The number of benzene rings is 1. The molecule has 1 aromatic carbocycles. The lowest BCUT2D eigenvalue weighted by Gasteiger charge is -2.23. The molecule has 0 saturated heterocycles.